The van der Waals surface area contributed by atoms with Crippen LogP contribution in [0, 0.1) is 5.82 Å². The zero-order valence-corrected chi connectivity index (χ0v) is 15.3. The molecule has 0 spiro atoms. The van der Waals surface area contributed by atoms with Crippen LogP contribution >= 0.6 is 15.9 Å². The van der Waals surface area contributed by atoms with Crippen LogP contribution in [0.5, 0.6) is 0 Å². The molecule has 132 valence electrons. The Balaban J connectivity index is 1.59. The van der Waals surface area contributed by atoms with E-state index < -0.39 is 0 Å². The molecule has 1 atom stereocenters. The minimum atomic E-state index is -0.302. The molecule has 0 saturated carbocycles. The molecule has 2 heterocycles. The quantitative estimate of drug-likeness (QED) is 0.686. The molecule has 5 nitrogen and oxygen atoms in total. The number of carbonyl (C=O) groups is 1. The van der Waals surface area contributed by atoms with Gasteiger partial charge in [-0.1, -0.05) is 28.1 Å². The van der Waals surface area contributed by atoms with E-state index in [0.29, 0.717) is 24.5 Å². The van der Waals surface area contributed by atoms with Crippen molar-refractivity contribution in [2.75, 3.05) is 6.54 Å². The van der Waals surface area contributed by atoms with Gasteiger partial charge in [0.05, 0.1) is 12.2 Å². The van der Waals surface area contributed by atoms with Gasteiger partial charge in [0.25, 0.3) is 5.91 Å². The molecule has 0 aliphatic carbocycles. The summed E-state index contributed by atoms with van der Waals surface area (Å²) in [5, 5.41) is 10.9. The summed E-state index contributed by atoms with van der Waals surface area (Å²) >= 11 is 3.47. The molecule has 4 rings (SSSR count). The van der Waals surface area contributed by atoms with Crippen molar-refractivity contribution in [3.8, 4) is 11.3 Å². The first kappa shape index (κ1) is 16.9. The number of rotatable bonds is 4. The largest absolute Gasteiger partial charge is 0.347 e. The molecule has 26 heavy (non-hydrogen) atoms. The first-order chi connectivity index (χ1) is 12.6. The highest BCUT2D eigenvalue weighted by molar-refractivity contribution is 9.10. The highest BCUT2D eigenvalue weighted by Crippen LogP contribution is 2.23. The van der Waals surface area contributed by atoms with Gasteiger partial charge in [0.1, 0.15) is 17.7 Å². The molecule has 0 saturated heterocycles. The van der Waals surface area contributed by atoms with Crippen LogP contribution in [0.15, 0.2) is 59.1 Å². The minimum absolute atomic E-state index is 0.157. The van der Waals surface area contributed by atoms with Crippen molar-refractivity contribution in [2.24, 2.45) is 0 Å². The molecule has 2 aromatic carbocycles. The Kier molecular flexibility index (Phi) is 4.57. The fourth-order valence-electron chi connectivity index (χ4n) is 2.97. The van der Waals surface area contributed by atoms with Crippen molar-refractivity contribution >= 4 is 21.8 Å². The Bertz CT molecular complexity index is 954. The van der Waals surface area contributed by atoms with Gasteiger partial charge >= 0.3 is 0 Å². The zero-order chi connectivity index (χ0) is 18.1. The Morgan fingerprint density at radius 1 is 1.23 bits per heavy atom. The van der Waals surface area contributed by atoms with E-state index in [0.717, 1.165) is 15.6 Å². The normalized spacial score (nSPS) is 16.2. The Morgan fingerprint density at radius 2 is 2.04 bits per heavy atom. The third-order valence-corrected chi connectivity index (χ3v) is 4.78. The van der Waals surface area contributed by atoms with Crippen LogP contribution in [-0.4, -0.2) is 22.2 Å². The van der Waals surface area contributed by atoms with Crippen LogP contribution in [0.1, 0.15) is 22.2 Å². The van der Waals surface area contributed by atoms with Gasteiger partial charge in [0.15, 0.2) is 0 Å². The van der Waals surface area contributed by atoms with Crippen molar-refractivity contribution in [1.82, 2.24) is 20.4 Å². The molecular formula is C19H16BrFN4O. The monoisotopic (exact) mass is 414 g/mol. The highest BCUT2D eigenvalue weighted by atomic mass is 79.9. The topological polar surface area (TPSA) is 59.0 Å². The van der Waals surface area contributed by atoms with E-state index >= 15 is 0 Å². The molecule has 7 heteroatoms. The lowest BCUT2D eigenvalue weighted by Gasteiger charge is -2.25. The van der Waals surface area contributed by atoms with Gasteiger partial charge in [-0.2, -0.15) is 5.10 Å². The SMILES string of the molecule is O=C1NCC(NCc2cccc(Br)c2)n2nc(-c3ccc(F)cc3)cc21. The molecule has 0 fully saturated rings. The number of hydrogen-bond acceptors (Lipinski definition) is 3. The third-order valence-electron chi connectivity index (χ3n) is 4.29. The number of fused-ring (bicyclic) bond motifs is 1. The van der Waals surface area contributed by atoms with E-state index in [1.165, 1.54) is 12.1 Å². The minimum Gasteiger partial charge on any atom is -0.347 e. The summed E-state index contributed by atoms with van der Waals surface area (Å²) in [6, 6.07) is 15.9. The van der Waals surface area contributed by atoms with Gasteiger partial charge in [-0.05, 0) is 48.0 Å². The van der Waals surface area contributed by atoms with Gasteiger partial charge in [-0.25, -0.2) is 9.07 Å². The standard InChI is InChI=1S/C19H16BrFN4O/c20-14-3-1-2-12(8-14)10-22-18-11-23-19(26)17-9-16(24-25(17)18)13-4-6-15(21)7-5-13/h1-9,18,22H,10-11H2,(H,23,26). The van der Waals surface area contributed by atoms with Crippen molar-refractivity contribution in [1.29, 1.82) is 0 Å². The van der Waals surface area contributed by atoms with Crippen LogP contribution < -0.4 is 10.6 Å². The summed E-state index contributed by atoms with van der Waals surface area (Å²) in [5.41, 5.74) is 3.03. The van der Waals surface area contributed by atoms with E-state index in [4.69, 9.17) is 0 Å². The number of nitrogens with zero attached hydrogens (tertiary/aromatic N) is 2. The number of nitrogens with one attached hydrogen (secondary N) is 2. The number of amides is 1. The molecule has 0 bridgehead atoms. The van der Waals surface area contributed by atoms with E-state index in [-0.39, 0.29) is 17.9 Å². The summed E-state index contributed by atoms with van der Waals surface area (Å²) in [6.45, 7) is 1.09. The predicted molar refractivity (Wildman–Crippen MR) is 100.0 cm³/mol. The molecule has 3 aromatic rings. The van der Waals surface area contributed by atoms with Gasteiger partial charge in [0.2, 0.25) is 0 Å². The Morgan fingerprint density at radius 3 is 2.81 bits per heavy atom. The number of carbonyl (C=O) groups excluding carboxylic acids is 1. The van der Waals surface area contributed by atoms with Crippen LogP contribution in [-0.2, 0) is 6.54 Å². The Labute approximate surface area is 158 Å². The second-order valence-corrected chi connectivity index (χ2v) is 7.02. The summed E-state index contributed by atoms with van der Waals surface area (Å²) in [5.74, 6) is -0.463. The fourth-order valence-corrected chi connectivity index (χ4v) is 3.42. The first-order valence-electron chi connectivity index (χ1n) is 8.22. The van der Waals surface area contributed by atoms with Gasteiger partial charge in [-0.3, -0.25) is 10.1 Å². The lowest BCUT2D eigenvalue weighted by molar-refractivity contribution is 0.0900. The van der Waals surface area contributed by atoms with E-state index in [2.05, 4.69) is 31.7 Å². The number of benzene rings is 2. The molecule has 1 aliphatic heterocycles. The number of aromatic nitrogens is 2. The maximum absolute atomic E-state index is 13.1. The van der Waals surface area contributed by atoms with Gasteiger partial charge in [-0.15, -0.1) is 0 Å². The lowest BCUT2D eigenvalue weighted by Crippen LogP contribution is -2.45. The average molecular weight is 415 g/mol. The number of halogens is 2. The van der Waals surface area contributed by atoms with Crippen molar-refractivity contribution in [3.63, 3.8) is 0 Å². The second kappa shape index (κ2) is 7.01. The Hall–Kier alpha value is -2.51. The van der Waals surface area contributed by atoms with E-state index in [1.807, 2.05) is 24.3 Å². The lowest BCUT2D eigenvalue weighted by atomic mass is 10.1. The molecule has 1 unspecified atom stereocenters. The summed E-state index contributed by atoms with van der Waals surface area (Å²) in [4.78, 5) is 12.2. The molecule has 2 N–H and O–H groups in total. The van der Waals surface area contributed by atoms with Crippen LogP contribution in [0.2, 0.25) is 0 Å². The number of hydrogen-bond donors (Lipinski definition) is 2. The highest BCUT2D eigenvalue weighted by Gasteiger charge is 2.27. The summed E-state index contributed by atoms with van der Waals surface area (Å²) in [6.07, 6.45) is -0.157. The van der Waals surface area contributed by atoms with Crippen LogP contribution in [0.25, 0.3) is 11.3 Å². The summed E-state index contributed by atoms with van der Waals surface area (Å²) < 4.78 is 15.9. The molecule has 1 aromatic heterocycles. The maximum atomic E-state index is 13.1. The second-order valence-electron chi connectivity index (χ2n) is 6.10. The molecule has 0 radical (unpaired) electrons. The molecule has 1 aliphatic rings. The van der Waals surface area contributed by atoms with Crippen LogP contribution in [0.3, 0.4) is 0 Å². The van der Waals surface area contributed by atoms with Gasteiger partial charge in [0, 0.05) is 16.6 Å². The fraction of sp³-hybridized carbons (Fsp3) is 0.158. The predicted octanol–water partition coefficient (Wildman–Crippen LogP) is 3.48. The van der Waals surface area contributed by atoms with Crippen LogP contribution in [0.4, 0.5) is 4.39 Å². The van der Waals surface area contributed by atoms with Crippen molar-refractivity contribution < 1.29 is 9.18 Å². The molecular weight excluding hydrogens is 399 g/mol. The van der Waals surface area contributed by atoms with Gasteiger partial charge < -0.3 is 5.32 Å². The molecule has 1 amide bonds. The maximum Gasteiger partial charge on any atom is 0.269 e. The van der Waals surface area contributed by atoms with Crippen molar-refractivity contribution in [3.05, 3.63) is 76.1 Å². The van der Waals surface area contributed by atoms with Crippen molar-refractivity contribution in [2.45, 2.75) is 12.7 Å². The first-order valence-corrected chi connectivity index (χ1v) is 9.01. The average Bonchev–Trinajstić information content (AvgIpc) is 3.08. The zero-order valence-electron chi connectivity index (χ0n) is 13.7. The smallest absolute Gasteiger partial charge is 0.269 e. The third kappa shape index (κ3) is 3.40. The summed E-state index contributed by atoms with van der Waals surface area (Å²) in [7, 11) is 0. The van der Waals surface area contributed by atoms with E-state index in [1.54, 1.807) is 22.9 Å². The van der Waals surface area contributed by atoms with E-state index in [9.17, 15) is 9.18 Å².